The van der Waals surface area contributed by atoms with Gasteiger partial charge >= 0.3 is 0 Å². The predicted molar refractivity (Wildman–Crippen MR) is 208 cm³/mol. The molecule has 1 aliphatic heterocycles. The van der Waals surface area contributed by atoms with E-state index in [0.717, 1.165) is 42.9 Å². The summed E-state index contributed by atoms with van der Waals surface area (Å²) in [7, 11) is 1.58. The molecule has 8 nitrogen and oxygen atoms in total. The van der Waals surface area contributed by atoms with Crippen LogP contribution in [0.3, 0.4) is 0 Å². The molecular weight excluding hydrogens is 697 g/mol. The molecule has 0 aliphatic carbocycles. The first kappa shape index (κ1) is 38.2. The van der Waals surface area contributed by atoms with E-state index in [1.54, 1.807) is 43.7 Å². The van der Waals surface area contributed by atoms with Crippen LogP contribution in [0.2, 0.25) is 5.02 Å². The van der Waals surface area contributed by atoms with E-state index in [2.05, 4.69) is 53.2 Å². The molecule has 1 aromatic heterocycles. The van der Waals surface area contributed by atoms with E-state index in [4.69, 9.17) is 30.5 Å². The highest BCUT2D eigenvalue weighted by Gasteiger charge is 2.20. The standard InChI is InChI=1S/C42H42ClN3O5.ClH/c1-31-7-15-36(16-8-31)49-26-21-32-9-11-34(12-10-32)29-45-22-24-46(25-23-45)42(47)20-14-33-13-18-39(40(27-33)48-2)51-41-19-17-37(28-44-41)50-30-35-5-3-4-6-38(35)43;/h3-20,27-28H,21-26,29-30H2,1-2H3;1H/b20-14+;. The van der Waals surface area contributed by atoms with Crippen molar-refractivity contribution in [1.29, 1.82) is 0 Å². The molecular formula is C42H43Cl2N3O5. The van der Waals surface area contributed by atoms with Crippen LogP contribution >= 0.6 is 24.0 Å². The normalized spacial score (nSPS) is 13.0. The van der Waals surface area contributed by atoms with Gasteiger partial charge in [-0.05, 0) is 66.1 Å². The Kier molecular flexibility index (Phi) is 14.0. The molecule has 1 aliphatic rings. The fourth-order valence-electron chi connectivity index (χ4n) is 5.66. The molecule has 1 saturated heterocycles. The summed E-state index contributed by atoms with van der Waals surface area (Å²) >= 11 is 6.22. The van der Waals surface area contributed by atoms with Crippen molar-refractivity contribution in [3.8, 4) is 28.9 Å². The summed E-state index contributed by atoms with van der Waals surface area (Å²) in [6.45, 7) is 6.95. The summed E-state index contributed by atoms with van der Waals surface area (Å²) in [5, 5.41) is 0.657. The van der Waals surface area contributed by atoms with Gasteiger partial charge in [0.2, 0.25) is 11.8 Å². The van der Waals surface area contributed by atoms with Crippen molar-refractivity contribution in [2.24, 2.45) is 0 Å². The molecule has 270 valence electrons. The van der Waals surface area contributed by atoms with E-state index in [-0.39, 0.29) is 18.3 Å². The lowest BCUT2D eigenvalue weighted by molar-refractivity contribution is -0.127. The van der Waals surface area contributed by atoms with Crippen LogP contribution in [0.5, 0.6) is 28.9 Å². The molecule has 0 unspecified atom stereocenters. The molecule has 1 fully saturated rings. The van der Waals surface area contributed by atoms with Gasteiger partial charge in [0.15, 0.2) is 11.5 Å². The quantitative estimate of drug-likeness (QED) is 0.105. The summed E-state index contributed by atoms with van der Waals surface area (Å²) in [5.41, 5.74) is 5.48. The fraction of sp³-hybridized carbons (Fsp3) is 0.238. The van der Waals surface area contributed by atoms with Gasteiger partial charge in [0, 0.05) is 61.9 Å². The first-order valence-corrected chi connectivity index (χ1v) is 17.4. The van der Waals surface area contributed by atoms with Crippen molar-refractivity contribution in [3.63, 3.8) is 0 Å². The lowest BCUT2D eigenvalue weighted by atomic mass is 10.1. The molecule has 6 rings (SSSR count). The number of rotatable bonds is 14. The molecule has 0 atom stereocenters. The number of benzene rings is 4. The van der Waals surface area contributed by atoms with E-state index in [1.807, 2.05) is 53.4 Å². The number of hydrogen-bond donors (Lipinski definition) is 0. The zero-order valence-electron chi connectivity index (χ0n) is 29.4. The van der Waals surface area contributed by atoms with Crippen molar-refractivity contribution >= 4 is 36.0 Å². The first-order chi connectivity index (χ1) is 24.9. The minimum absolute atomic E-state index is 0. The molecule has 0 spiro atoms. The van der Waals surface area contributed by atoms with E-state index in [9.17, 15) is 4.79 Å². The van der Waals surface area contributed by atoms with E-state index in [0.29, 0.717) is 54.5 Å². The highest BCUT2D eigenvalue weighted by molar-refractivity contribution is 6.31. The molecule has 0 saturated carbocycles. The van der Waals surface area contributed by atoms with Gasteiger partial charge in [-0.25, -0.2) is 4.98 Å². The highest BCUT2D eigenvalue weighted by Crippen LogP contribution is 2.32. The molecule has 1 amide bonds. The molecule has 0 bridgehead atoms. The van der Waals surface area contributed by atoms with Crippen molar-refractivity contribution in [1.82, 2.24) is 14.8 Å². The summed E-state index contributed by atoms with van der Waals surface area (Å²) in [6.07, 6.45) is 5.89. The number of piperazine rings is 1. The Morgan fingerprint density at radius 1 is 0.827 bits per heavy atom. The Hall–Kier alpha value is -5.02. The third kappa shape index (κ3) is 11.0. The number of amides is 1. The Balaban J connectivity index is 0.00000523. The van der Waals surface area contributed by atoms with Crippen LogP contribution in [0.25, 0.3) is 6.08 Å². The van der Waals surface area contributed by atoms with Crippen LogP contribution in [0.4, 0.5) is 0 Å². The first-order valence-electron chi connectivity index (χ1n) is 17.1. The smallest absolute Gasteiger partial charge is 0.246 e. The van der Waals surface area contributed by atoms with Crippen LogP contribution in [0.15, 0.2) is 115 Å². The summed E-state index contributed by atoms with van der Waals surface area (Å²) in [6, 6.07) is 33.5. The lowest BCUT2D eigenvalue weighted by Crippen LogP contribution is -2.47. The number of nitrogens with zero attached hydrogens (tertiary/aromatic N) is 3. The minimum Gasteiger partial charge on any atom is -0.493 e. The topological polar surface area (TPSA) is 73.4 Å². The maximum Gasteiger partial charge on any atom is 0.246 e. The molecule has 0 N–H and O–H groups in total. The Morgan fingerprint density at radius 2 is 1.56 bits per heavy atom. The highest BCUT2D eigenvalue weighted by atomic mass is 35.5. The van der Waals surface area contributed by atoms with Gasteiger partial charge in [0.05, 0.1) is 19.9 Å². The third-order valence-corrected chi connectivity index (χ3v) is 9.04. The van der Waals surface area contributed by atoms with Crippen LogP contribution in [0.1, 0.15) is 27.8 Å². The van der Waals surface area contributed by atoms with Gasteiger partial charge in [0.1, 0.15) is 18.1 Å². The second-order valence-electron chi connectivity index (χ2n) is 12.4. The number of methoxy groups -OCH3 is 1. The average Bonchev–Trinajstić information content (AvgIpc) is 3.16. The molecule has 52 heavy (non-hydrogen) atoms. The number of carbonyl (C=O) groups is 1. The Morgan fingerprint density at radius 3 is 2.27 bits per heavy atom. The second-order valence-corrected chi connectivity index (χ2v) is 12.8. The van der Waals surface area contributed by atoms with E-state index in [1.165, 1.54) is 16.7 Å². The average molecular weight is 741 g/mol. The molecule has 10 heteroatoms. The van der Waals surface area contributed by atoms with Crippen LogP contribution in [0, 0.1) is 6.92 Å². The van der Waals surface area contributed by atoms with Gasteiger partial charge in [-0.1, -0.05) is 77.8 Å². The second kappa shape index (κ2) is 19.0. The van der Waals surface area contributed by atoms with Crippen molar-refractivity contribution < 1.29 is 23.7 Å². The predicted octanol–water partition coefficient (Wildman–Crippen LogP) is 8.82. The van der Waals surface area contributed by atoms with Gasteiger partial charge in [0.25, 0.3) is 0 Å². The zero-order chi connectivity index (χ0) is 35.4. The number of ether oxygens (including phenoxy) is 4. The van der Waals surface area contributed by atoms with Crippen molar-refractivity contribution in [2.45, 2.75) is 26.5 Å². The monoisotopic (exact) mass is 739 g/mol. The number of hydrogen-bond acceptors (Lipinski definition) is 7. The molecule has 2 heterocycles. The number of halogens is 2. The third-order valence-electron chi connectivity index (χ3n) is 8.68. The summed E-state index contributed by atoms with van der Waals surface area (Å²) in [5.74, 6) is 2.93. The van der Waals surface area contributed by atoms with Gasteiger partial charge in [-0.15, -0.1) is 12.4 Å². The summed E-state index contributed by atoms with van der Waals surface area (Å²) in [4.78, 5) is 21.7. The largest absolute Gasteiger partial charge is 0.493 e. The van der Waals surface area contributed by atoms with E-state index >= 15 is 0 Å². The Bertz CT molecular complexity index is 1910. The maximum absolute atomic E-state index is 13.0. The number of pyridine rings is 1. The molecule has 5 aromatic rings. The van der Waals surface area contributed by atoms with Crippen LogP contribution in [-0.2, 0) is 24.4 Å². The maximum atomic E-state index is 13.0. The minimum atomic E-state index is -0.00723. The van der Waals surface area contributed by atoms with E-state index < -0.39 is 0 Å². The summed E-state index contributed by atoms with van der Waals surface area (Å²) < 4.78 is 23.3. The van der Waals surface area contributed by atoms with Gasteiger partial charge in [-0.3, -0.25) is 9.69 Å². The number of aromatic nitrogens is 1. The van der Waals surface area contributed by atoms with Crippen molar-refractivity contribution in [2.75, 3.05) is 39.9 Å². The zero-order valence-corrected chi connectivity index (χ0v) is 30.9. The number of aryl methyl sites for hydroxylation is 1. The molecule has 4 aromatic carbocycles. The lowest BCUT2D eigenvalue weighted by Gasteiger charge is -2.34. The van der Waals surface area contributed by atoms with Crippen molar-refractivity contribution in [3.05, 3.63) is 148 Å². The fourth-order valence-corrected chi connectivity index (χ4v) is 5.85. The SMILES string of the molecule is COc1cc(/C=C/C(=O)N2CCN(Cc3ccc(CCOc4ccc(C)cc4)cc3)CC2)ccc1Oc1ccc(OCc2ccccc2Cl)cn1.Cl. The van der Waals surface area contributed by atoms with Gasteiger partial charge < -0.3 is 23.8 Å². The Labute approximate surface area is 317 Å². The van der Waals surface area contributed by atoms with Crippen LogP contribution in [-0.4, -0.2) is 60.6 Å². The van der Waals surface area contributed by atoms with Gasteiger partial charge in [-0.2, -0.15) is 0 Å². The van der Waals surface area contributed by atoms with Crippen LogP contribution < -0.4 is 18.9 Å². The molecule has 0 radical (unpaired) electrons. The number of carbonyl (C=O) groups excluding carboxylic acids is 1.